The molecule has 7 nitrogen and oxygen atoms in total. The quantitative estimate of drug-likeness (QED) is 0.410. The van der Waals surface area contributed by atoms with Crippen LogP contribution < -0.4 is 4.74 Å². The van der Waals surface area contributed by atoms with Crippen LogP contribution in [0.4, 0.5) is 5.69 Å². The Balaban J connectivity index is 1.64. The van der Waals surface area contributed by atoms with Crippen LogP contribution in [0.2, 0.25) is 0 Å². The number of ether oxygens (including phenoxy) is 1. The number of azo groups is 1. The van der Waals surface area contributed by atoms with Crippen LogP contribution in [-0.4, -0.2) is 34.8 Å². The number of aromatic nitrogens is 1. The number of hydrogen-bond acceptors (Lipinski definition) is 5. The number of amides is 1. The molecule has 33 heavy (non-hydrogen) atoms. The first-order chi connectivity index (χ1) is 16.2. The number of para-hydroxylation sites is 1. The van der Waals surface area contributed by atoms with Crippen molar-refractivity contribution < 1.29 is 9.53 Å². The average Bonchev–Trinajstić information content (AvgIpc) is 3.45. The number of fused-ring (bicyclic) bond motifs is 1. The van der Waals surface area contributed by atoms with E-state index in [1.54, 1.807) is 7.11 Å². The summed E-state index contributed by atoms with van der Waals surface area (Å²) in [4.78, 5) is 16.0. The van der Waals surface area contributed by atoms with E-state index in [9.17, 15) is 4.79 Å². The highest BCUT2D eigenvalue weighted by molar-refractivity contribution is 6.15. The van der Waals surface area contributed by atoms with Gasteiger partial charge in [-0.25, -0.2) is 5.01 Å². The SMILES string of the molecule is COc1ccc(C2C(N=Nc3ccccc3)C(c3c[nH]c4ccccc34)=NN2C(C)=O)cc1. The summed E-state index contributed by atoms with van der Waals surface area (Å²) in [6, 6.07) is 24.3. The second-order valence-corrected chi connectivity index (χ2v) is 7.81. The molecule has 0 fully saturated rings. The highest BCUT2D eigenvalue weighted by Gasteiger charge is 2.42. The third-order valence-electron chi connectivity index (χ3n) is 5.76. The topological polar surface area (TPSA) is 82.4 Å². The van der Waals surface area contributed by atoms with Gasteiger partial charge in [-0.05, 0) is 35.9 Å². The molecular weight excluding hydrogens is 414 g/mol. The lowest BCUT2D eigenvalue weighted by Crippen LogP contribution is -2.31. The van der Waals surface area contributed by atoms with Gasteiger partial charge in [0.05, 0.1) is 18.5 Å². The first-order valence-corrected chi connectivity index (χ1v) is 10.7. The maximum Gasteiger partial charge on any atom is 0.240 e. The normalized spacial score (nSPS) is 18.1. The molecule has 4 aromatic rings. The number of aromatic amines is 1. The molecule has 1 aliphatic rings. The highest BCUT2D eigenvalue weighted by atomic mass is 16.5. The maximum atomic E-state index is 12.7. The van der Waals surface area contributed by atoms with Crippen molar-refractivity contribution in [2.24, 2.45) is 15.3 Å². The van der Waals surface area contributed by atoms with E-state index in [4.69, 9.17) is 15.0 Å². The number of carbonyl (C=O) groups excluding carboxylic acids is 1. The van der Waals surface area contributed by atoms with Gasteiger partial charge in [0.2, 0.25) is 5.91 Å². The van der Waals surface area contributed by atoms with Crippen molar-refractivity contribution in [1.82, 2.24) is 9.99 Å². The second kappa shape index (κ2) is 8.70. The molecular formula is C26H23N5O2. The molecule has 0 saturated carbocycles. The van der Waals surface area contributed by atoms with Crippen LogP contribution in [0.3, 0.4) is 0 Å². The van der Waals surface area contributed by atoms with Gasteiger partial charge in [-0.1, -0.05) is 48.5 Å². The van der Waals surface area contributed by atoms with Gasteiger partial charge in [0.1, 0.15) is 17.8 Å². The molecule has 1 aliphatic heterocycles. The lowest BCUT2D eigenvalue weighted by Gasteiger charge is -2.23. The van der Waals surface area contributed by atoms with E-state index in [1.165, 1.54) is 11.9 Å². The Morgan fingerprint density at radius 3 is 2.45 bits per heavy atom. The fourth-order valence-corrected chi connectivity index (χ4v) is 4.15. The predicted molar refractivity (Wildman–Crippen MR) is 128 cm³/mol. The third-order valence-corrected chi connectivity index (χ3v) is 5.76. The van der Waals surface area contributed by atoms with Crippen molar-refractivity contribution >= 4 is 28.2 Å². The van der Waals surface area contributed by atoms with Crippen LogP contribution in [0.15, 0.2) is 100 Å². The van der Waals surface area contributed by atoms with Gasteiger partial charge in [0.25, 0.3) is 0 Å². The lowest BCUT2D eigenvalue weighted by atomic mass is 9.93. The zero-order valence-electron chi connectivity index (χ0n) is 18.3. The summed E-state index contributed by atoms with van der Waals surface area (Å²) in [7, 11) is 1.63. The number of hydrogen-bond donors (Lipinski definition) is 1. The monoisotopic (exact) mass is 437 g/mol. The van der Waals surface area contributed by atoms with Crippen molar-refractivity contribution in [3.63, 3.8) is 0 Å². The minimum atomic E-state index is -0.485. The Hall–Kier alpha value is -4.26. The maximum absolute atomic E-state index is 12.7. The number of carbonyl (C=O) groups is 1. The van der Waals surface area contributed by atoms with E-state index in [-0.39, 0.29) is 5.91 Å². The number of nitrogens with zero attached hydrogens (tertiary/aromatic N) is 4. The Morgan fingerprint density at radius 2 is 1.73 bits per heavy atom. The molecule has 1 aromatic heterocycles. The van der Waals surface area contributed by atoms with Crippen LogP contribution >= 0.6 is 0 Å². The molecule has 2 heterocycles. The summed E-state index contributed by atoms with van der Waals surface area (Å²) < 4.78 is 5.31. The van der Waals surface area contributed by atoms with Crippen molar-refractivity contribution in [1.29, 1.82) is 0 Å². The largest absolute Gasteiger partial charge is 0.497 e. The Labute approximate surface area is 191 Å². The number of hydrazone groups is 1. The van der Waals surface area contributed by atoms with Crippen LogP contribution in [0, 0.1) is 0 Å². The van der Waals surface area contributed by atoms with E-state index in [2.05, 4.69) is 10.1 Å². The van der Waals surface area contributed by atoms with E-state index in [0.717, 1.165) is 33.5 Å². The highest BCUT2D eigenvalue weighted by Crippen LogP contribution is 2.38. The summed E-state index contributed by atoms with van der Waals surface area (Å²) >= 11 is 0. The van der Waals surface area contributed by atoms with E-state index in [1.807, 2.05) is 85.1 Å². The zero-order valence-corrected chi connectivity index (χ0v) is 18.3. The molecule has 164 valence electrons. The number of methoxy groups -OCH3 is 1. The first kappa shape index (κ1) is 20.6. The molecule has 7 heteroatoms. The number of H-pyrrole nitrogens is 1. The van der Waals surface area contributed by atoms with E-state index < -0.39 is 12.1 Å². The van der Waals surface area contributed by atoms with Crippen LogP contribution in [-0.2, 0) is 4.79 Å². The van der Waals surface area contributed by atoms with Gasteiger partial charge in [0, 0.05) is 29.6 Å². The second-order valence-electron chi connectivity index (χ2n) is 7.81. The van der Waals surface area contributed by atoms with Crippen molar-refractivity contribution in [2.45, 2.75) is 19.0 Å². The van der Waals surface area contributed by atoms with Gasteiger partial charge < -0.3 is 9.72 Å². The minimum Gasteiger partial charge on any atom is -0.497 e. The van der Waals surface area contributed by atoms with Gasteiger partial charge in [-0.15, -0.1) is 0 Å². The van der Waals surface area contributed by atoms with E-state index >= 15 is 0 Å². The molecule has 0 spiro atoms. The molecule has 5 rings (SSSR count). The number of nitrogens with one attached hydrogen (secondary N) is 1. The summed E-state index contributed by atoms with van der Waals surface area (Å²) in [5.74, 6) is 0.580. The van der Waals surface area contributed by atoms with Gasteiger partial charge >= 0.3 is 0 Å². The number of rotatable bonds is 5. The van der Waals surface area contributed by atoms with Crippen molar-refractivity contribution in [3.8, 4) is 5.75 Å². The Bertz CT molecular complexity index is 1340. The average molecular weight is 438 g/mol. The molecule has 0 radical (unpaired) electrons. The molecule has 2 unspecified atom stereocenters. The Morgan fingerprint density at radius 1 is 1.00 bits per heavy atom. The van der Waals surface area contributed by atoms with Crippen molar-refractivity contribution in [2.75, 3.05) is 7.11 Å². The third kappa shape index (κ3) is 3.89. The predicted octanol–water partition coefficient (Wildman–Crippen LogP) is 5.64. The molecule has 0 aliphatic carbocycles. The summed E-state index contributed by atoms with van der Waals surface area (Å²) in [5.41, 5.74) is 4.25. The molecule has 1 N–H and O–H groups in total. The lowest BCUT2D eigenvalue weighted by molar-refractivity contribution is -0.130. The zero-order chi connectivity index (χ0) is 22.8. The summed E-state index contributed by atoms with van der Waals surface area (Å²) in [6.07, 6.45) is 1.92. The fraction of sp³-hybridized carbons (Fsp3) is 0.154. The van der Waals surface area contributed by atoms with Crippen LogP contribution in [0.5, 0.6) is 5.75 Å². The van der Waals surface area contributed by atoms with Gasteiger partial charge in [-0.3, -0.25) is 4.79 Å². The molecule has 0 saturated heterocycles. The summed E-state index contributed by atoms with van der Waals surface area (Å²) in [5, 5.41) is 16.5. The van der Waals surface area contributed by atoms with Crippen LogP contribution in [0.1, 0.15) is 24.1 Å². The van der Waals surface area contributed by atoms with E-state index in [0.29, 0.717) is 5.71 Å². The van der Waals surface area contributed by atoms with Gasteiger partial charge in [0.15, 0.2) is 0 Å². The Kier molecular flexibility index (Phi) is 5.44. The van der Waals surface area contributed by atoms with Crippen LogP contribution in [0.25, 0.3) is 10.9 Å². The summed E-state index contributed by atoms with van der Waals surface area (Å²) in [6.45, 7) is 1.52. The number of benzene rings is 3. The van der Waals surface area contributed by atoms with Gasteiger partial charge in [-0.2, -0.15) is 15.3 Å². The first-order valence-electron chi connectivity index (χ1n) is 10.7. The fourth-order valence-electron chi connectivity index (χ4n) is 4.15. The smallest absolute Gasteiger partial charge is 0.240 e. The molecule has 3 aromatic carbocycles. The molecule has 2 atom stereocenters. The molecule has 0 bridgehead atoms. The van der Waals surface area contributed by atoms with Crippen molar-refractivity contribution in [3.05, 3.63) is 96.2 Å². The molecule has 1 amide bonds. The standard InChI is InChI=1S/C26H23N5O2/c1-17(32)31-26(18-12-14-20(33-2)15-13-18)25(29-28-19-8-4-3-5-9-19)24(30-31)22-16-27-23-11-7-6-10-21(22)23/h3-16,25-27H,1-2H3. The minimum absolute atomic E-state index is 0.162.